The van der Waals surface area contributed by atoms with Crippen molar-refractivity contribution in [2.45, 2.75) is 19.1 Å². The number of pyridine rings is 1. The molecule has 0 aliphatic rings. The average molecular weight is 168 g/mol. The van der Waals surface area contributed by atoms with Crippen LogP contribution < -0.4 is 5.73 Å². The van der Waals surface area contributed by atoms with Crippen LogP contribution in [0.15, 0.2) is 18.3 Å². The van der Waals surface area contributed by atoms with Crippen molar-refractivity contribution in [1.29, 1.82) is 0 Å². The molecule has 0 spiro atoms. The van der Waals surface area contributed by atoms with Gasteiger partial charge in [-0.25, -0.2) is 0 Å². The maximum absolute atomic E-state index is 9.28. The molecule has 1 aromatic rings. The molecule has 0 amide bonds. The molecular weight excluding hydrogens is 156 g/mol. The molecule has 0 saturated heterocycles. The summed E-state index contributed by atoms with van der Waals surface area (Å²) in [6.07, 6.45) is 0.808. The standard InChI is InChI=1S/C8H12N2O2/c1-5(11)7(9)8-6(12)3-2-4-10-8/h2-5,7,11-12H,9H2,1H3. The lowest BCUT2D eigenvalue weighted by molar-refractivity contribution is 0.161. The second-order valence-corrected chi connectivity index (χ2v) is 2.67. The Balaban J connectivity index is 2.94. The first-order chi connectivity index (χ1) is 5.63. The lowest BCUT2D eigenvalue weighted by Crippen LogP contribution is -2.24. The van der Waals surface area contributed by atoms with Gasteiger partial charge in [-0.05, 0) is 19.1 Å². The minimum Gasteiger partial charge on any atom is -0.506 e. The van der Waals surface area contributed by atoms with E-state index < -0.39 is 12.1 Å². The van der Waals surface area contributed by atoms with Crippen LogP contribution >= 0.6 is 0 Å². The third-order valence-electron chi connectivity index (χ3n) is 1.65. The molecule has 66 valence electrons. The molecule has 0 saturated carbocycles. The molecule has 4 N–H and O–H groups in total. The van der Waals surface area contributed by atoms with Crippen LogP contribution in [0.5, 0.6) is 5.75 Å². The molecule has 0 radical (unpaired) electrons. The molecule has 0 bridgehead atoms. The predicted octanol–water partition coefficient (Wildman–Crippen LogP) is 0.168. The zero-order valence-corrected chi connectivity index (χ0v) is 6.81. The number of hydrogen-bond donors (Lipinski definition) is 3. The second kappa shape index (κ2) is 3.51. The zero-order chi connectivity index (χ0) is 9.14. The van der Waals surface area contributed by atoms with Crippen molar-refractivity contribution in [3.05, 3.63) is 24.0 Å². The summed E-state index contributed by atoms with van der Waals surface area (Å²) in [6.45, 7) is 1.55. The third-order valence-corrected chi connectivity index (χ3v) is 1.65. The molecule has 0 fully saturated rings. The Kier molecular flexibility index (Phi) is 2.62. The third kappa shape index (κ3) is 1.72. The fourth-order valence-electron chi connectivity index (χ4n) is 0.894. The summed E-state index contributed by atoms with van der Waals surface area (Å²) >= 11 is 0. The Morgan fingerprint density at radius 3 is 2.75 bits per heavy atom. The van der Waals surface area contributed by atoms with Gasteiger partial charge in [0.2, 0.25) is 0 Å². The molecule has 0 aliphatic carbocycles. The Labute approximate surface area is 70.7 Å². The Morgan fingerprint density at radius 1 is 1.58 bits per heavy atom. The molecule has 2 unspecified atom stereocenters. The van der Waals surface area contributed by atoms with Crippen LogP contribution in [0, 0.1) is 0 Å². The minimum absolute atomic E-state index is 0.0194. The number of nitrogens with zero attached hydrogens (tertiary/aromatic N) is 1. The second-order valence-electron chi connectivity index (χ2n) is 2.67. The maximum atomic E-state index is 9.28. The van der Waals surface area contributed by atoms with Crippen LogP contribution in [-0.2, 0) is 0 Å². The van der Waals surface area contributed by atoms with Crippen molar-refractivity contribution >= 4 is 0 Å². The Bertz CT molecular complexity index is 263. The Morgan fingerprint density at radius 2 is 2.25 bits per heavy atom. The van der Waals surface area contributed by atoms with Gasteiger partial charge in [-0.3, -0.25) is 4.98 Å². The number of aromatic nitrogens is 1. The summed E-state index contributed by atoms with van der Waals surface area (Å²) in [5.41, 5.74) is 5.89. The van der Waals surface area contributed by atoms with Crippen molar-refractivity contribution in [2.75, 3.05) is 0 Å². The SMILES string of the molecule is CC(O)C(N)c1ncccc1O. The largest absolute Gasteiger partial charge is 0.506 e. The average Bonchev–Trinajstić information content (AvgIpc) is 2.04. The number of aromatic hydroxyl groups is 1. The minimum atomic E-state index is -0.717. The first-order valence-corrected chi connectivity index (χ1v) is 3.70. The summed E-state index contributed by atoms with van der Waals surface area (Å²) in [7, 11) is 0. The molecule has 0 aromatic carbocycles. The predicted molar refractivity (Wildman–Crippen MR) is 44.5 cm³/mol. The summed E-state index contributed by atoms with van der Waals surface area (Å²) in [5, 5.41) is 18.4. The van der Waals surface area contributed by atoms with E-state index in [1.54, 1.807) is 13.0 Å². The quantitative estimate of drug-likeness (QED) is 0.588. The van der Waals surface area contributed by atoms with E-state index >= 15 is 0 Å². The van der Waals surface area contributed by atoms with E-state index in [4.69, 9.17) is 10.8 Å². The van der Waals surface area contributed by atoms with Gasteiger partial charge in [0.05, 0.1) is 12.1 Å². The zero-order valence-electron chi connectivity index (χ0n) is 6.81. The van der Waals surface area contributed by atoms with E-state index in [2.05, 4.69) is 4.98 Å². The first-order valence-electron chi connectivity index (χ1n) is 3.70. The van der Waals surface area contributed by atoms with Crippen molar-refractivity contribution < 1.29 is 10.2 Å². The van der Waals surface area contributed by atoms with Gasteiger partial charge in [-0.1, -0.05) is 0 Å². The molecule has 2 atom stereocenters. The van der Waals surface area contributed by atoms with Crippen LogP contribution in [0.1, 0.15) is 18.7 Å². The molecular formula is C8H12N2O2. The summed E-state index contributed by atoms with van der Waals surface area (Å²) in [6, 6.07) is 2.46. The van der Waals surface area contributed by atoms with Crippen LogP contribution in [0.25, 0.3) is 0 Å². The lowest BCUT2D eigenvalue weighted by atomic mass is 10.1. The van der Waals surface area contributed by atoms with Gasteiger partial charge < -0.3 is 15.9 Å². The molecule has 4 heteroatoms. The van der Waals surface area contributed by atoms with Crippen molar-refractivity contribution in [1.82, 2.24) is 4.98 Å². The first kappa shape index (κ1) is 8.96. The van der Waals surface area contributed by atoms with Gasteiger partial charge in [0, 0.05) is 6.20 Å². The number of rotatable bonds is 2. The normalized spacial score (nSPS) is 15.6. The summed E-state index contributed by atoms with van der Waals surface area (Å²) in [5.74, 6) is 0.0194. The van der Waals surface area contributed by atoms with Gasteiger partial charge in [0.1, 0.15) is 11.4 Å². The van der Waals surface area contributed by atoms with Crippen LogP contribution in [0.3, 0.4) is 0 Å². The number of aliphatic hydroxyl groups excluding tert-OH is 1. The molecule has 1 rings (SSSR count). The van der Waals surface area contributed by atoms with Gasteiger partial charge in [0.25, 0.3) is 0 Å². The Hall–Kier alpha value is -1.13. The highest BCUT2D eigenvalue weighted by Crippen LogP contribution is 2.20. The molecule has 1 aromatic heterocycles. The number of hydrogen-bond acceptors (Lipinski definition) is 4. The summed E-state index contributed by atoms with van der Waals surface area (Å²) in [4.78, 5) is 3.86. The van der Waals surface area contributed by atoms with Crippen LogP contribution in [0.2, 0.25) is 0 Å². The fraction of sp³-hybridized carbons (Fsp3) is 0.375. The van der Waals surface area contributed by atoms with Gasteiger partial charge >= 0.3 is 0 Å². The number of nitrogens with two attached hydrogens (primary N) is 1. The fourth-order valence-corrected chi connectivity index (χ4v) is 0.894. The molecule has 1 heterocycles. The van der Waals surface area contributed by atoms with Crippen molar-refractivity contribution in [3.8, 4) is 5.75 Å². The topological polar surface area (TPSA) is 79.4 Å². The van der Waals surface area contributed by atoms with E-state index in [1.165, 1.54) is 12.3 Å². The van der Waals surface area contributed by atoms with E-state index in [-0.39, 0.29) is 5.75 Å². The molecule has 12 heavy (non-hydrogen) atoms. The van der Waals surface area contributed by atoms with Crippen LogP contribution in [-0.4, -0.2) is 21.3 Å². The van der Waals surface area contributed by atoms with Crippen molar-refractivity contribution in [3.63, 3.8) is 0 Å². The monoisotopic (exact) mass is 168 g/mol. The number of aliphatic hydroxyl groups is 1. The highest BCUT2D eigenvalue weighted by atomic mass is 16.3. The highest BCUT2D eigenvalue weighted by Gasteiger charge is 2.16. The lowest BCUT2D eigenvalue weighted by Gasteiger charge is -2.14. The van der Waals surface area contributed by atoms with E-state index in [0.717, 1.165) is 0 Å². The maximum Gasteiger partial charge on any atom is 0.138 e. The molecule has 4 nitrogen and oxygen atoms in total. The van der Waals surface area contributed by atoms with E-state index in [0.29, 0.717) is 5.69 Å². The summed E-state index contributed by atoms with van der Waals surface area (Å²) < 4.78 is 0. The van der Waals surface area contributed by atoms with Gasteiger partial charge in [-0.15, -0.1) is 0 Å². The van der Waals surface area contributed by atoms with Gasteiger partial charge in [0.15, 0.2) is 0 Å². The highest BCUT2D eigenvalue weighted by molar-refractivity contribution is 5.28. The van der Waals surface area contributed by atoms with E-state index in [9.17, 15) is 5.11 Å². The van der Waals surface area contributed by atoms with E-state index in [1.807, 2.05) is 0 Å². The smallest absolute Gasteiger partial charge is 0.138 e. The van der Waals surface area contributed by atoms with Crippen molar-refractivity contribution in [2.24, 2.45) is 5.73 Å². The van der Waals surface area contributed by atoms with Gasteiger partial charge in [-0.2, -0.15) is 0 Å². The molecule has 0 aliphatic heterocycles. The van der Waals surface area contributed by atoms with Crippen LogP contribution in [0.4, 0.5) is 0 Å².